The Labute approximate surface area is 179 Å². The van der Waals surface area contributed by atoms with Gasteiger partial charge in [-0.3, -0.25) is 9.52 Å². The third-order valence-corrected chi connectivity index (χ3v) is 6.71. The molecule has 0 aliphatic heterocycles. The van der Waals surface area contributed by atoms with Crippen molar-refractivity contribution in [3.8, 4) is 11.1 Å². The highest BCUT2D eigenvalue weighted by Crippen LogP contribution is 2.27. The fourth-order valence-electron chi connectivity index (χ4n) is 2.93. The largest absolute Gasteiger partial charge is 0.321 e. The van der Waals surface area contributed by atoms with Gasteiger partial charge in [0.05, 0.1) is 10.6 Å². The van der Waals surface area contributed by atoms with Crippen molar-refractivity contribution in [1.82, 2.24) is 0 Å². The van der Waals surface area contributed by atoms with E-state index in [4.69, 9.17) is 0 Å². The van der Waals surface area contributed by atoms with Crippen LogP contribution in [0.25, 0.3) is 11.1 Å². The van der Waals surface area contributed by atoms with E-state index in [1.807, 2.05) is 54.6 Å². The van der Waals surface area contributed by atoms with Gasteiger partial charge in [0.2, 0.25) is 0 Å². The average Bonchev–Trinajstić information content (AvgIpc) is 3.23. The predicted octanol–water partition coefficient (Wildman–Crippen LogP) is 5.47. The van der Waals surface area contributed by atoms with Crippen molar-refractivity contribution in [2.24, 2.45) is 0 Å². The van der Waals surface area contributed by atoms with E-state index in [9.17, 15) is 13.2 Å². The summed E-state index contributed by atoms with van der Waals surface area (Å²) in [6, 6.07) is 27.1. The number of anilines is 2. The summed E-state index contributed by atoms with van der Waals surface area (Å²) in [5.74, 6) is -0.372. The third-order valence-electron chi connectivity index (χ3n) is 4.42. The molecule has 0 bridgehead atoms. The van der Waals surface area contributed by atoms with Crippen LogP contribution < -0.4 is 10.0 Å². The molecule has 0 saturated carbocycles. The van der Waals surface area contributed by atoms with Crippen LogP contribution in [-0.4, -0.2) is 14.3 Å². The van der Waals surface area contributed by atoms with Crippen molar-refractivity contribution in [2.75, 3.05) is 10.0 Å². The van der Waals surface area contributed by atoms with Crippen molar-refractivity contribution >= 4 is 38.6 Å². The second-order valence-electron chi connectivity index (χ2n) is 6.48. The minimum Gasteiger partial charge on any atom is -0.321 e. The normalized spacial score (nSPS) is 11.1. The number of carbonyl (C=O) groups is 1. The van der Waals surface area contributed by atoms with Crippen LogP contribution in [0, 0.1) is 0 Å². The summed E-state index contributed by atoms with van der Waals surface area (Å²) in [6.45, 7) is 0. The molecule has 0 spiro atoms. The van der Waals surface area contributed by atoms with Crippen LogP contribution in [-0.2, 0) is 10.0 Å². The molecule has 4 rings (SSSR count). The number of carbonyl (C=O) groups excluding carboxylic acids is 1. The molecule has 1 amide bonds. The molecule has 150 valence electrons. The summed E-state index contributed by atoms with van der Waals surface area (Å²) >= 11 is 1.17. The van der Waals surface area contributed by atoms with Crippen LogP contribution in [0.1, 0.15) is 9.67 Å². The summed E-state index contributed by atoms with van der Waals surface area (Å²) in [5.41, 5.74) is 3.01. The molecule has 0 atom stereocenters. The van der Waals surface area contributed by atoms with Crippen LogP contribution >= 0.6 is 11.3 Å². The van der Waals surface area contributed by atoms with Crippen LogP contribution in [0.15, 0.2) is 101 Å². The van der Waals surface area contributed by atoms with Gasteiger partial charge in [0.15, 0.2) is 0 Å². The van der Waals surface area contributed by atoms with Crippen molar-refractivity contribution in [3.63, 3.8) is 0 Å². The van der Waals surface area contributed by atoms with Gasteiger partial charge in [-0.1, -0.05) is 60.7 Å². The van der Waals surface area contributed by atoms with Gasteiger partial charge < -0.3 is 5.32 Å². The lowest BCUT2D eigenvalue weighted by molar-refractivity contribution is 0.103. The van der Waals surface area contributed by atoms with E-state index in [1.54, 1.807) is 29.6 Å². The summed E-state index contributed by atoms with van der Waals surface area (Å²) in [6.07, 6.45) is 0. The van der Waals surface area contributed by atoms with Crippen molar-refractivity contribution in [1.29, 1.82) is 0 Å². The molecule has 2 N–H and O–H groups in total. The maximum atomic E-state index is 12.7. The van der Waals surface area contributed by atoms with Crippen LogP contribution in [0.5, 0.6) is 0 Å². The Kier molecular flexibility index (Phi) is 5.65. The first-order valence-corrected chi connectivity index (χ1v) is 11.5. The SMILES string of the molecule is O=C(Nc1ccc(-c2ccccc2)cc1)c1sccc1NS(=O)(=O)c1ccccc1. The van der Waals surface area contributed by atoms with Gasteiger partial charge in [-0.05, 0) is 46.8 Å². The van der Waals surface area contributed by atoms with E-state index in [2.05, 4.69) is 10.0 Å². The van der Waals surface area contributed by atoms with Crippen molar-refractivity contribution < 1.29 is 13.2 Å². The lowest BCUT2D eigenvalue weighted by Crippen LogP contribution is -2.17. The van der Waals surface area contributed by atoms with E-state index in [1.165, 1.54) is 23.5 Å². The van der Waals surface area contributed by atoms with Gasteiger partial charge >= 0.3 is 0 Å². The molecule has 0 radical (unpaired) electrons. The Balaban J connectivity index is 1.50. The van der Waals surface area contributed by atoms with E-state index >= 15 is 0 Å². The Hall–Kier alpha value is -3.42. The second kappa shape index (κ2) is 8.52. The molecule has 7 heteroatoms. The summed E-state index contributed by atoms with van der Waals surface area (Å²) in [4.78, 5) is 13.2. The number of benzene rings is 3. The van der Waals surface area contributed by atoms with Crippen LogP contribution in [0.2, 0.25) is 0 Å². The van der Waals surface area contributed by atoms with Gasteiger partial charge in [0.1, 0.15) is 4.88 Å². The summed E-state index contributed by atoms with van der Waals surface area (Å²) < 4.78 is 27.6. The number of sulfonamides is 1. The van der Waals surface area contributed by atoms with Gasteiger partial charge in [-0.2, -0.15) is 0 Å². The van der Waals surface area contributed by atoms with Gasteiger partial charge in [0.25, 0.3) is 15.9 Å². The Morgan fingerprint density at radius 2 is 1.33 bits per heavy atom. The molecule has 1 aromatic heterocycles. The van der Waals surface area contributed by atoms with Crippen LogP contribution in [0.3, 0.4) is 0 Å². The predicted molar refractivity (Wildman–Crippen MR) is 121 cm³/mol. The Bertz CT molecular complexity index is 1250. The molecule has 0 fully saturated rings. The zero-order chi connectivity index (χ0) is 21.0. The first kappa shape index (κ1) is 19.9. The number of nitrogens with one attached hydrogen (secondary N) is 2. The zero-order valence-electron chi connectivity index (χ0n) is 15.8. The molecular weight excluding hydrogens is 416 g/mol. The van der Waals surface area contributed by atoms with Gasteiger partial charge in [-0.25, -0.2) is 8.42 Å². The number of rotatable bonds is 6. The highest BCUT2D eigenvalue weighted by atomic mass is 32.2. The van der Waals surface area contributed by atoms with Gasteiger partial charge in [-0.15, -0.1) is 11.3 Å². The van der Waals surface area contributed by atoms with Crippen molar-refractivity contribution in [2.45, 2.75) is 4.90 Å². The molecular formula is C23H18N2O3S2. The lowest BCUT2D eigenvalue weighted by Gasteiger charge is -2.10. The van der Waals surface area contributed by atoms with E-state index < -0.39 is 10.0 Å². The molecule has 0 aliphatic rings. The topological polar surface area (TPSA) is 75.3 Å². The first-order chi connectivity index (χ1) is 14.5. The molecule has 0 saturated heterocycles. The fourth-order valence-corrected chi connectivity index (χ4v) is 4.84. The van der Waals surface area contributed by atoms with E-state index in [-0.39, 0.29) is 16.5 Å². The molecule has 1 heterocycles. The van der Waals surface area contributed by atoms with Crippen molar-refractivity contribution in [3.05, 3.63) is 101 Å². The van der Waals surface area contributed by atoms with E-state index in [0.717, 1.165) is 11.1 Å². The zero-order valence-corrected chi connectivity index (χ0v) is 17.4. The molecule has 3 aromatic carbocycles. The number of hydrogen-bond donors (Lipinski definition) is 2. The lowest BCUT2D eigenvalue weighted by atomic mass is 10.1. The first-order valence-electron chi connectivity index (χ1n) is 9.15. The maximum Gasteiger partial charge on any atom is 0.267 e. The number of hydrogen-bond acceptors (Lipinski definition) is 4. The number of thiophene rings is 1. The Morgan fingerprint density at radius 3 is 2.00 bits per heavy atom. The third kappa shape index (κ3) is 4.42. The summed E-state index contributed by atoms with van der Waals surface area (Å²) in [5, 5.41) is 4.50. The minimum absolute atomic E-state index is 0.138. The monoisotopic (exact) mass is 434 g/mol. The molecule has 4 aromatic rings. The number of amides is 1. The quantitative estimate of drug-likeness (QED) is 0.423. The average molecular weight is 435 g/mol. The molecule has 0 aliphatic carbocycles. The van der Waals surface area contributed by atoms with E-state index in [0.29, 0.717) is 10.6 Å². The smallest absolute Gasteiger partial charge is 0.267 e. The van der Waals surface area contributed by atoms with Gasteiger partial charge in [0, 0.05) is 5.69 Å². The molecule has 5 nitrogen and oxygen atoms in total. The molecule has 30 heavy (non-hydrogen) atoms. The highest BCUT2D eigenvalue weighted by Gasteiger charge is 2.20. The second-order valence-corrected chi connectivity index (χ2v) is 9.08. The minimum atomic E-state index is -3.77. The summed E-state index contributed by atoms with van der Waals surface area (Å²) in [7, 11) is -3.77. The standard InChI is InChI=1S/C23H18N2O3S2/c26-23(24-19-13-11-18(12-14-19)17-7-3-1-4-8-17)22-21(15-16-29-22)25-30(27,28)20-9-5-2-6-10-20/h1-16,25H,(H,24,26). The Morgan fingerprint density at radius 1 is 0.733 bits per heavy atom. The van der Waals surface area contributed by atoms with Crippen LogP contribution in [0.4, 0.5) is 11.4 Å². The maximum absolute atomic E-state index is 12.7. The fraction of sp³-hybridized carbons (Fsp3) is 0. The highest BCUT2D eigenvalue weighted by molar-refractivity contribution is 7.92. The molecule has 0 unspecified atom stereocenters.